The largest absolute Gasteiger partial charge is 0.441 e. The summed E-state index contributed by atoms with van der Waals surface area (Å²) < 4.78 is 27.0. The van der Waals surface area contributed by atoms with E-state index in [2.05, 4.69) is 0 Å². The molecule has 40 valence electrons. The van der Waals surface area contributed by atoms with Crippen molar-refractivity contribution in [2.75, 3.05) is 0 Å². The number of alkyl halides is 4. The Labute approximate surface area is 47.9 Å². The van der Waals surface area contributed by atoms with Crippen molar-refractivity contribution in [3.8, 4) is 0 Å². The van der Waals surface area contributed by atoms with E-state index in [1.165, 1.54) is 0 Å². The van der Waals surface area contributed by atoms with Crippen molar-refractivity contribution < 1.29 is 13.2 Å². The third-order valence-electron chi connectivity index (χ3n) is 0. The summed E-state index contributed by atoms with van der Waals surface area (Å²) in [5, 5.41) is 0. The Morgan fingerprint density at radius 2 is 1.17 bits per heavy atom. The zero-order valence-corrected chi connectivity index (χ0v) is 4.17. The number of hydrogen-bond acceptors (Lipinski definition) is 0. The fraction of sp³-hybridized carbons (Fsp3) is 1.00. The predicted molar refractivity (Wildman–Crippen MR) is 26.8 cm³/mol. The van der Waals surface area contributed by atoms with Crippen LogP contribution in [0.15, 0.2) is 0 Å². The normalized spacial score (nSPS) is 10.0. The van der Waals surface area contributed by atoms with Crippen molar-refractivity contribution >= 4 is 22.6 Å². The van der Waals surface area contributed by atoms with Crippen LogP contribution in [0, 0.1) is 0 Å². The Morgan fingerprint density at radius 1 is 1.17 bits per heavy atom. The first-order chi connectivity index (χ1) is 2.00. The Balaban J connectivity index is 0. The van der Waals surface area contributed by atoms with Gasteiger partial charge in [-0.3, -0.25) is 0 Å². The average Bonchev–Trinajstić information content (AvgIpc) is 0.722. The Hall–Kier alpha value is 0.520. The van der Waals surface area contributed by atoms with Crippen molar-refractivity contribution in [1.82, 2.24) is 0 Å². The molecule has 0 radical (unpaired) electrons. The van der Waals surface area contributed by atoms with Gasteiger partial charge in [-0.15, -0.1) is 0 Å². The molecule has 0 aliphatic rings. The highest BCUT2D eigenvalue weighted by Crippen LogP contribution is 2.22. The van der Waals surface area contributed by atoms with Crippen molar-refractivity contribution in [2.24, 2.45) is 0 Å². The second kappa shape index (κ2) is 2.65. The van der Waals surface area contributed by atoms with E-state index in [-0.39, 0.29) is 7.43 Å². The zero-order valence-electron chi connectivity index (χ0n) is 2.01. The highest BCUT2D eigenvalue weighted by Gasteiger charge is 2.19. The molecule has 0 aromatic rings. The van der Waals surface area contributed by atoms with Gasteiger partial charge >= 0.3 is 4.18 Å². The van der Waals surface area contributed by atoms with Gasteiger partial charge in [0.15, 0.2) is 0 Å². The lowest BCUT2D eigenvalue weighted by Gasteiger charge is -1.85. The first kappa shape index (κ1) is 9.72. The van der Waals surface area contributed by atoms with E-state index in [0.29, 0.717) is 22.6 Å². The molecule has 0 heterocycles. The molecule has 0 aromatic carbocycles. The van der Waals surface area contributed by atoms with Gasteiger partial charge in [0.25, 0.3) is 0 Å². The van der Waals surface area contributed by atoms with Gasteiger partial charge in [0.05, 0.1) is 0 Å². The number of halogens is 4. The van der Waals surface area contributed by atoms with E-state index in [1.54, 1.807) is 0 Å². The predicted octanol–water partition coefficient (Wildman–Crippen LogP) is 2.58. The highest BCUT2D eigenvalue weighted by molar-refractivity contribution is 14.1. The molecule has 0 amide bonds. The summed E-state index contributed by atoms with van der Waals surface area (Å²) in [4.78, 5) is 0. The molecule has 0 aliphatic heterocycles. The van der Waals surface area contributed by atoms with Crippen LogP contribution in [0.4, 0.5) is 13.2 Å². The molecule has 0 nitrogen and oxygen atoms in total. The van der Waals surface area contributed by atoms with Crippen LogP contribution in [0.2, 0.25) is 0 Å². The summed E-state index contributed by atoms with van der Waals surface area (Å²) in [6.07, 6.45) is 0. The second-order valence-electron chi connectivity index (χ2n) is 0.429. The summed E-state index contributed by atoms with van der Waals surface area (Å²) in [7, 11) is 0. The molecule has 0 saturated carbocycles. The third kappa shape index (κ3) is 207. The maximum atomic E-state index is 10.3. The minimum Gasteiger partial charge on any atom is -0.161 e. The molecule has 0 unspecified atom stereocenters. The minimum absolute atomic E-state index is 0. The van der Waals surface area contributed by atoms with E-state index in [9.17, 15) is 13.2 Å². The summed E-state index contributed by atoms with van der Waals surface area (Å²) in [6.45, 7) is 0. The highest BCUT2D eigenvalue weighted by atomic mass is 127. The molecule has 0 bridgehead atoms. The van der Waals surface area contributed by atoms with E-state index in [0.717, 1.165) is 0 Å². The minimum atomic E-state index is -4.03. The first-order valence-electron chi connectivity index (χ1n) is 0.756. The fourth-order valence-corrected chi connectivity index (χ4v) is 0. The second-order valence-corrected chi connectivity index (χ2v) is 1.65. The summed E-state index contributed by atoms with van der Waals surface area (Å²) in [5.74, 6) is 0. The van der Waals surface area contributed by atoms with Crippen LogP contribution in [-0.4, -0.2) is 4.18 Å². The lowest BCUT2D eigenvalue weighted by atomic mass is 11.6. The van der Waals surface area contributed by atoms with Crippen molar-refractivity contribution in [3.63, 3.8) is 0 Å². The van der Waals surface area contributed by atoms with Crippen molar-refractivity contribution in [2.45, 2.75) is 11.6 Å². The molecule has 0 rings (SSSR count). The van der Waals surface area contributed by atoms with E-state index in [4.69, 9.17) is 0 Å². The van der Waals surface area contributed by atoms with Crippen molar-refractivity contribution in [1.29, 1.82) is 0 Å². The SMILES string of the molecule is C.FC(F)(F)I. The van der Waals surface area contributed by atoms with Gasteiger partial charge in [-0.25, -0.2) is 0 Å². The Kier molecular flexibility index (Phi) is 4.30. The molecule has 6 heavy (non-hydrogen) atoms. The maximum Gasteiger partial charge on any atom is 0.441 e. The molecule has 4 heteroatoms. The van der Waals surface area contributed by atoms with Gasteiger partial charge in [-0.1, -0.05) is 7.43 Å². The van der Waals surface area contributed by atoms with Gasteiger partial charge < -0.3 is 0 Å². The molecule has 0 atom stereocenters. The quantitative estimate of drug-likeness (QED) is 0.427. The molecule has 0 spiro atoms. The summed E-state index contributed by atoms with van der Waals surface area (Å²) in [5.41, 5.74) is 0. The molecule has 0 aromatic heterocycles. The molecular formula is C2H4F3I. The van der Waals surface area contributed by atoms with Gasteiger partial charge in [-0.05, 0) is 0 Å². The number of hydrogen-bond donors (Lipinski definition) is 0. The summed E-state index contributed by atoms with van der Waals surface area (Å²) in [6, 6.07) is 0. The fourth-order valence-electron chi connectivity index (χ4n) is 0. The van der Waals surface area contributed by atoms with Crippen LogP contribution in [-0.2, 0) is 0 Å². The summed E-state index contributed by atoms with van der Waals surface area (Å²) >= 11 is 0.378. The molecule has 0 saturated heterocycles. The van der Waals surface area contributed by atoms with Gasteiger partial charge in [0.2, 0.25) is 0 Å². The number of rotatable bonds is 0. The smallest absolute Gasteiger partial charge is 0.161 e. The topological polar surface area (TPSA) is 0 Å². The van der Waals surface area contributed by atoms with Crippen LogP contribution in [0.5, 0.6) is 0 Å². The van der Waals surface area contributed by atoms with Crippen LogP contribution in [0.25, 0.3) is 0 Å². The molecule has 0 aliphatic carbocycles. The average molecular weight is 212 g/mol. The lowest BCUT2D eigenvalue weighted by Crippen LogP contribution is -1.87. The standard InChI is InChI=1S/CF3I.CH4/c2-1(3,4)5;/h;1H4. The monoisotopic (exact) mass is 212 g/mol. The molecule has 0 fully saturated rings. The maximum absolute atomic E-state index is 10.3. The third-order valence-corrected chi connectivity index (χ3v) is 0. The molecule has 0 N–H and O–H groups in total. The molecular weight excluding hydrogens is 208 g/mol. The van der Waals surface area contributed by atoms with Crippen LogP contribution in [0.1, 0.15) is 7.43 Å². The Morgan fingerprint density at radius 3 is 1.17 bits per heavy atom. The van der Waals surface area contributed by atoms with Crippen molar-refractivity contribution in [3.05, 3.63) is 0 Å². The van der Waals surface area contributed by atoms with Gasteiger partial charge in [0.1, 0.15) is 0 Å². The van der Waals surface area contributed by atoms with E-state index >= 15 is 0 Å². The van der Waals surface area contributed by atoms with Crippen LogP contribution >= 0.6 is 22.6 Å². The zero-order chi connectivity index (χ0) is 4.50. The lowest BCUT2D eigenvalue weighted by molar-refractivity contribution is -0.0125. The first-order valence-corrected chi connectivity index (χ1v) is 1.83. The van der Waals surface area contributed by atoms with Crippen LogP contribution in [0.3, 0.4) is 0 Å². The van der Waals surface area contributed by atoms with Gasteiger partial charge in [-0.2, -0.15) is 13.2 Å². The van der Waals surface area contributed by atoms with E-state index in [1.807, 2.05) is 0 Å². The Bertz CT molecular complexity index is 24.3. The van der Waals surface area contributed by atoms with Crippen LogP contribution < -0.4 is 0 Å². The van der Waals surface area contributed by atoms with E-state index < -0.39 is 4.18 Å². The van der Waals surface area contributed by atoms with Gasteiger partial charge in [0, 0.05) is 22.6 Å².